The molecule has 0 radical (unpaired) electrons. The molecule has 0 unspecified atom stereocenters. The smallest absolute Gasteiger partial charge is 0.247 e. The van der Waals surface area contributed by atoms with Crippen LogP contribution in [0.1, 0.15) is 43.4 Å². The van der Waals surface area contributed by atoms with Crippen LogP contribution in [0.3, 0.4) is 0 Å². The van der Waals surface area contributed by atoms with E-state index in [1.807, 2.05) is 61.5 Å². The Bertz CT molecular complexity index is 2520. The van der Waals surface area contributed by atoms with Gasteiger partial charge in [-0.05, 0) is 79.8 Å². The number of carbonyl (C=O) groups excluding carboxylic acids is 5. The van der Waals surface area contributed by atoms with E-state index in [4.69, 9.17) is 32.7 Å². The fourth-order valence-electron chi connectivity index (χ4n) is 7.93. The monoisotopic (exact) mass is 964 g/mol. The molecule has 3 N–H and O–H groups in total. The summed E-state index contributed by atoms with van der Waals surface area (Å²) in [5.74, 6) is -1.84. The molecule has 68 heavy (non-hydrogen) atoms. The van der Waals surface area contributed by atoms with Crippen molar-refractivity contribution < 1.29 is 33.4 Å². The Kier molecular flexibility index (Phi) is 17.9. The summed E-state index contributed by atoms with van der Waals surface area (Å²) in [6.07, 6.45) is 3.60. The summed E-state index contributed by atoms with van der Waals surface area (Å²) in [6.45, 7) is 3.17. The fraction of sp³-hybridized carbons (Fsp3) is 0.353. The van der Waals surface area contributed by atoms with Gasteiger partial charge in [-0.25, -0.2) is 9.97 Å². The molecule has 1 fully saturated rings. The Hall–Kier alpha value is -6.55. The van der Waals surface area contributed by atoms with Gasteiger partial charge in [0.05, 0.1) is 19.1 Å². The van der Waals surface area contributed by atoms with Crippen molar-refractivity contribution in [2.75, 3.05) is 46.7 Å². The van der Waals surface area contributed by atoms with Crippen LogP contribution in [0.4, 0.5) is 5.95 Å². The molecule has 1 aliphatic rings. The lowest BCUT2D eigenvalue weighted by atomic mass is 9.93. The maximum atomic E-state index is 15.0. The number of ether oxygens (including phenoxy) is 2. The van der Waals surface area contributed by atoms with Crippen molar-refractivity contribution >= 4 is 58.7 Å². The molecular weight excluding hydrogens is 908 g/mol. The van der Waals surface area contributed by atoms with E-state index < -0.39 is 47.8 Å². The molecule has 6 rings (SSSR count). The molecule has 5 atom stereocenters. The molecule has 0 spiro atoms. The van der Waals surface area contributed by atoms with E-state index in [0.717, 1.165) is 22.3 Å². The standard InChI is InChI=1S/C51H58Cl2N8O7/c1-32-27-55-46(62)26-42(23-35-12-17-40(52)18-13-35)60(5)50(66)44(31-67-6)58-48(64)33(2)61(47(63)24-38(49(65)59(32)4)22-34-10-8-7-9-11-34)30-37-14-19-41(53)25-45(37)68-43-20-15-36(16-21-43)39-28-56-51(54-3)57-29-39/h7-21,25,28-29,32-33,38,42,44H,22-24,26-27,30-31H2,1-6H3,(H,55,62)(H,58,64)(H,54,56,57)/t32-,33-,38+,42-,44-/m0/s1. The molecule has 1 aliphatic heterocycles. The number of hydrogen-bond acceptors (Lipinski definition) is 10. The molecule has 5 amide bonds. The van der Waals surface area contributed by atoms with Gasteiger partial charge in [0, 0.05) is 93.3 Å². The van der Waals surface area contributed by atoms with Gasteiger partial charge in [0.2, 0.25) is 35.5 Å². The van der Waals surface area contributed by atoms with Gasteiger partial charge in [-0.15, -0.1) is 0 Å². The van der Waals surface area contributed by atoms with Crippen molar-refractivity contribution in [2.24, 2.45) is 5.92 Å². The molecule has 1 saturated heterocycles. The predicted molar refractivity (Wildman–Crippen MR) is 262 cm³/mol. The highest BCUT2D eigenvalue weighted by Crippen LogP contribution is 2.32. The van der Waals surface area contributed by atoms with Crippen LogP contribution in [-0.2, 0) is 48.1 Å². The van der Waals surface area contributed by atoms with Gasteiger partial charge in [0.1, 0.15) is 23.6 Å². The molecule has 17 heteroatoms. The first-order chi connectivity index (χ1) is 32.6. The van der Waals surface area contributed by atoms with E-state index in [9.17, 15) is 24.0 Å². The summed E-state index contributed by atoms with van der Waals surface area (Å²) in [5, 5.41) is 9.62. The van der Waals surface area contributed by atoms with E-state index in [1.165, 1.54) is 16.9 Å². The maximum Gasteiger partial charge on any atom is 0.247 e. The Morgan fingerprint density at radius 2 is 1.43 bits per heavy atom. The molecule has 0 saturated carbocycles. The second kappa shape index (κ2) is 23.9. The van der Waals surface area contributed by atoms with E-state index in [0.29, 0.717) is 39.5 Å². The Balaban J connectivity index is 1.36. The number of rotatable bonds is 12. The maximum absolute atomic E-state index is 15.0. The van der Waals surface area contributed by atoms with Crippen molar-refractivity contribution in [3.63, 3.8) is 0 Å². The molecule has 4 aromatic carbocycles. The van der Waals surface area contributed by atoms with Crippen LogP contribution in [0.2, 0.25) is 10.0 Å². The first kappa shape index (κ1) is 50.9. The summed E-state index contributed by atoms with van der Waals surface area (Å²) >= 11 is 12.7. The topological polar surface area (TPSA) is 175 Å². The van der Waals surface area contributed by atoms with Gasteiger partial charge in [-0.1, -0.05) is 83.9 Å². The molecular formula is C51H58Cl2N8O7. The SMILES string of the molecule is CNc1ncc(-c2ccc(Oc3cc(Cl)ccc3CN3C(=O)C[C@@H](Cc4ccccc4)C(=O)N(C)[C@@H](C)CNC(=O)C[C@H](Cc4ccc(Cl)cc4)N(C)C(=O)[C@H](COC)NC(=O)[C@@H]3C)cc2)cn1. The van der Waals surface area contributed by atoms with Gasteiger partial charge in [0.25, 0.3) is 0 Å². The van der Waals surface area contributed by atoms with Gasteiger partial charge < -0.3 is 40.1 Å². The Labute approximate surface area is 407 Å². The van der Waals surface area contributed by atoms with Crippen LogP contribution < -0.4 is 20.7 Å². The molecule has 5 aromatic rings. The van der Waals surface area contributed by atoms with Crippen LogP contribution in [0, 0.1) is 5.92 Å². The minimum absolute atomic E-state index is 0.0758. The number of hydrogen-bond donors (Lipinski definition) is 3. The van der Waals surface area contributed by atoms with E-state index in [1.54, 1.807) is 87.8 Å². The average Bonchev–Trinajstić information content (AvgIpc) is 3.34. The third kappa shape index (κ3) is 13.5. The third-order valence-corrected chi connectivity index (χ3v) is 12.7. The summed E-state index contributed by atoms with van der Waals surface area (Å²) in [6, 6.07) is 25.3. The number of nitrogens with one attached hydrogen (secondary N) is 3. The van der Waals surface area contributed by atoms with Gasteiger partial charge in [0.15, 0.2) is 0 Å². The second-order valence-corrected chi connectivity index (χ2v) is 17.8. The van der Waals surface area contributed by atoms with E-state index in [-0.39, 0.29) is 50.8 Å². The molecule has 0 bridgehead atoms. The lowest BCUT2D eigenvalue weighted by Crippen LogP contribution is -2.57. The van der Waals surface area contributed by atoms with Gasteiger partial charge in [-0.3, -0.25) is 24.0 Å². The Morgan fingerprint density at radius 3 is 2.09 bits per heavy atom. The fourth-order valence-corrected chi connectivity index (χ4v) is 8.22. The summed E-state index contributed by atoms with van der Waals surface area (Å²) in [4.78, 5) is 85.1. The third-order valence-electron chi connectivity index (χ3n) is 12.2. The lowest BCUT2D eigenvalue weighted by molar-refractivity contribution is -0.147. The minimum Gasteiger partial charge on any atom is -0.457 e. The summed E-state index contributed by atoms with van der Waals surface area (Å²) < 4.78 is 11.9. The number of methoxy groups -OCH3 is 1. The van der Waals surface area contributed by atoms with Gasteiger partial charge in [-0.2, -0.15) is 0 Å². The number of amides is 5. The highest BCUT2D eigenvalue weighted by molar-refractivity contribution is 6.31. The molecule has 358 valence electrons. The van der Waals surface area contributed by atoms with Crippen LogP contribution >= 0.6 is 23.2 Å². The van der Waals surface area contributed by atoms with Crippen LogP contribution in [0.25, 0.3) is 11.1 Å². The van der Waals surface area contributed by atoms with Crippen LogP contribution in [0.15, 0.2) is 109 Å². The molecule has 2 heterocycles. The van der Waals surface area contributed by atoms with Gasteiger partial charge >= 0.3 is 0 Å². The molecule has 15 nitrogen and oxygen atoms in total. The zero-order valence-corrected chi connectivity index (χ0v) is 40.6. The number of carbonyl (C=O) groups is 5. The van der Waals surface area contributed by atoms with Crippen LogP contribution in [0.5, 0.6) is 11.5 Å². The largest absolute Gasteiger partial charge is 0.457 e. The van der Waals surface area contributed by atoms with Crippen molar-refractivity contribution in [3.05, 3.63) is 136 Å². The van der Waals surface area contributed by atoms with Crippen molar-refractivity contribution in [1.29, 1.82) is 0 Å². The Morgan fingerprint density at radius 1 is 0.765 bits per heavy atom. The number of anilines is 1. The van der Waals surface area contributed by atoms with Crippen molar-refractivity contribution in [3.8, 4) is 22.6 Å². The first-order valence-corrected chi connectivity index (χ1v) is 23.1. The minimum atomic E-state index is -1.20. The number of aromatic nitrogens is 2. The number of halogens is 2. The summed E-state index contributed by atoms with van der Waals surface area (Å²) in [5.41, 5.74) is 3.86. The highest BCUT2D eigenvalue weighted by Gasteiger charge is 2.36. The van der Waals surface area contributed by atoms with E-state index in [2.05, 4.69) is 25.9 Å². The van der Waals surface area contributed by atoms with Crippen molar-refractivity contribution in [2.45, 2.75) is 70.2 Å². The molecule has 0 aliphatic carbocycles. The van der Waals surface area contributed by atoms with Crippen LogP contribution in [-0.4, -0.2) is 120 Å². The predicted octanol–water partition coefficient (Wildman–Crippen LogP) is 6.82. The number of benzene rings is 4. The summed E-state index contributed by atoms with van der Waals surface area (Å²) in [7, 11) is 6.39. The average molecular weight is 966 g/mol. The van der Waals surface area contributed by atoms with E-state index >= 15 is 0 Å². The quantitative estimate of drug-likeness (QED) is 0.120. The second-order valence-electron chi connectivity index (χ2n) is 17.0. The number of nitrogens with zero attached hydrogens (tertiary/aromatic N) is 5. The first-order valence-electron chi connectivity index (χ1n) is 22.4. The normalized spacial score (nSPS) is 20.3. The zero-order valence-electron chi connectivity index (χ0n) is 39.1. The highest BCUT2D eigenvalue weighted by atomic mass is 35.5. The lowest BCUT2D eigenvalue weighted by Gasteiger charge is -2.35. The molecule has 1 aromatic heterocycles. The van der Waals surface area contributed by atoms with Crippen molar-refractivity contribution in [1.82, 2.24) is 35.3 Å². The number of likely N-dealkylation sites (N-methyl/N-ethyl adjacent to an activating group) is 2. The zero-order chi connectivity index (χ0) is 48.9.